The van der Waals surface area contributed by atoms with E-state index in [1.165, 1.54) is 12.0 Å². The molecule has 1 N–H and O–H groups in total. The van der Waals surface area contributed by atoms with Crippen molar-refractivity contribution in [1.82, 2.24) is 10.2 Å². The second kappa shape index (κ2) is 6.95. The molecule has 1 aromatic carbocycles. The van der Waals surface area contributed by atoms with Crippen LogP contribution >= 0.6 is 0 Å². The van der Waals surface area contributed by atoms with E-state index in [0.717, 1.165) is 30.5 Å². The van der Waals surface area contributed by atoms with Crippen molar-refractivity contribution in [2.24, 2.45) is 5.92 Å². The fraction of sp³-hybridized carbons (Fsp3) is 0.625. The van der Waals surface area contributed by atoms with Crippen molar-refractivity contribution in [1.29, 1.82) is 0 Å². The van der Waals surface area contributed by atoms with E-state index in [0.29, 0.717) is 12.6 Å². The summed E-state index contributed by atoms with van der Waals surface area (Å²) in [6.45, 7) is 4.94. The summed E-state index contributed by atoms with van der Waals surface area (Å²) in [7, 11) is 5.77. The Morgan fingerprint density at radius 3 is 2.70 bits per heavy atom. The van der Waals surface area contributed by atoms with E-state index < -0.39 is 0 Å². The van der Waals surface area contributed by atoms with Crippen molar-refractivity contribution in [3.8, 4) is 11.5 Å². The standard InChI is InChI=1S/C16H26N2O2/c1-12-9-14(17-11-12)13-5-6-15(16(10-13)19-4)20-8-7-18(2)3/h5-6,10,12,14,17H,7-9,11H2,1-4H3. The minimum atomic E-state index is 0.440. The molecule has 4 heteroatoms. The number of hydrogen-bond acceptors (Lipinski definition) is 4. The zero-order valence-corrected chi connectivity index (χ0v) is 13.0. The Morgan fingerprint density at radius 1 is 1.30 bits per heavy atom. The fourth-order valence-electron chi connectivity index (χ4n) is 2.52. The smallest absolute Gasteiger partial charge is 0.161 e. The van der Waals surface area contributed by atoms with Gasteiger partial charge in [-0.25, -0.2) is 0 Å². The number of nitrogens with zero attached hydrogens (tertiary/aromatic N) is 1. The second-order valence-electron chi connectivity index (χ2n) is 5.86. The van der Waals surface area contributed by atoms with Crippen molar-refractivity contribution in [3.63, 3.8) is 0 Å². The van der Waals surface area contributed by atoms with Gasteiger partial charge in [0.15, 0.2) is 11.5 Å². The zero-order chi connectivity index (χ0) is 14.5. The van der Waals surface area contributed by atoms with Crippen LogP contribution in [-0.2, 0) is 0 Å². The minimum absolute atomic E-state index is 0.440. The molecule has 1 heterocycles. The molecule has 1 fully saturated rings. The van der Waals surface area contributed by atoms with Gasteiger partial charge in [0.25, 0.3) is 0 Å². The molecule has 1 aliphatic rings. The maximum absolute atomic E-state index is 5.79. The Balaban J connectivity index is 2.03. The molecule has 0 spiro atoms. The predicted molar refractivity (Wildman–Crippen MR) is 81.6 cm³/mol. The van der Waals surface area contributed by atoms with Crippen LogP contribution in [0.15, 0.2) is 18.2 Å². The van der Waals surface area contributed by atoms with E-state index in [2.05, 4.69) is 29.3 Å². The molecule has 0 amide bonds. The highest BCUT2D eigenvalue weighted by molar-refractivity contribution is 5.44. The molecule has 20 heavy (non-hydrogen) atoms. The molecule has 0 bridgehead atoms. The first kappa shape index (κ1) is 15.1. The Bertz CT molecular complexity index is 434. The molecule has 1 aromatic rings. The molecule has 0 radical (unpaired) electrons. The maximum atomic E-state index is 5.79. The first-order valence-corrected chi connectivity index (χ1v) is 7.29. The highest BCUT2D eigenvalue weighted by Crippen LogP contribution is 2.34. The van der Waals surface area contributed by atoms with E-state index >= 15 is 0 Å². The lowest BCUT2D eigenvalue weighted by molar-refractivity contribution is 0.250. The third kappa shape index (κ3) is 3.87. The summed E-state index contributed by atoms with van der Waals surface area (Å²) < 4.78 is 11.3. The first-order chi connectivity index (χ1) is 9.60. The number of hydrogen-bond donors (Lipinski definition) is 1. The van der Waals surface area contributed by atoms with Crippen LogP contribution in [0.4, 0.5) is 0 Å². The number of likely N-dealkylation sites (N-methyl/N-ethyl adjacent to an activating group) is 1. The average Bonchev–Trinajstić information content (AvgIpc) is 2.85. The van der Waals surface area contributed by atoms with Crippen LogP contribution < -0.4 is 14.8 Å². The largest absolute Gasteiger partial charge is 0.493 e. The summed E-state index contributed by atoms with van der Waals surface area (Å²) in [5, 5.41) is 3.55. The third-order valence-corrected chi connectivity index (χ3v) is 3.74. The molecular weight excluding hydrogens is 252 g/mol. The molecule has 0 aliphatic carbocycles. The highest BCUT2D eigenvalue weighted by atomic mass is 16.5. The van der Waals surface area contributed by atoms with Crippen LogP contribution in [0.2, 0.25) is 0 Å². The van der Waals surface area contributed by atoms with Gasteiger partial charge in [-0.1, -0.05) is 13.0 Å². The molecule has 0 saturated carbocycles. The van der Waals surface area contributed by atoms with Gasteiger partial charge in [-0.3, -0.25) is 0 Å². The zero-order valence-electron chi connectivity index (χ0n) is 13.0. The molecule has 2 atom stereocenters. The van der Waals surface area contributed by atoms with E-state index in [1.54, 1.807) is 7.11 Å². The fourth-order valence-corrected chi connectivity index (χ4v) is 2.52. The first-order valence-electron chi connectivity index (χ1n) is 7.29. The summed E-state index contributed by atoms with van der Waals surface area (Å²) in [6.07, 6.45) is 1.18. The topological polar surface area (TPSA) is 33.7 Å². The van der Waals surface area contributed by atoms with Gasteiger partial charge >= 0.3 is 0 Å². The van der Waals surface area contributed by atoms with Gasteiger partial charge in [0, 0.05) is 12.6 Å². The van der Waals surface area contributed by atoms with E-state index in [-0.39, 0.29) is 0 Å². The highest BCUT2D eigenvalue weighted by Gasteiger charge is 2.22. The van der Waals surface area contributed by atoms with E-state index in [1.807, 2.05) is 20.2 Å². The predicted octanol–water partition coefficient (Wildman–Crippen LogP) is 2.31. The number of nitrogens with one attached hydrogen (secondary N) is 1. The van der Waals surface area contributed by atoms with Crippen molar-refractivity contribution in [3.05, 3.63) is 23.8 Å². The molecule has 4 nitrogen and oxygen atoms in total. The average molecular weight is 278 g/mol. The van der Waals surface area contributed by atoms with Gasteiger partial charge in [0.2, 0.25) is 0 Å². The summed E-state index contributed by atoms with van der Waals surface area (Å²) in [5.41, 5.74) is 1.28. The molecule has 2 unspecified atom stereocenters. The van der Waals surface area contributed by atoms with Crippen LogP contribution in [0, 0.1) is 5.92 Å². The molecule has 1 saturated heterocycles. The maximum Gasteiger partial charge on any atom is 0.161 e. The Kier molecular flexibility index (Phi) is 5.26. The Hall–Kier alpha value is -1.26. The quantitative estimate of drug-likeness (QED) is 0.866. The van der Waals surface area contributed by atoms with Crippen molar-refractivity contribution in [2.75, 3.05) is 40.9 Å². The van der Waals surface area contributed by atoms with Crippen LogP contribution in [0.1, 0.15) is 24.9 Å². The number of methoxy groups -OCH3 is 1. The normalized spacial score (nSPS) is 22.2. The van der Waals surface area contributed by atoms with Gasteiger partial charge < -0.3 is 19.7 Å². The van der Waals surface area contributed by atoms with Crippen LogP contribution in [0.3, 0.4) is 0 Å². The van der Waals surface area contributed by atoms with E-state index in [4.69, 9.17) is 9.47 Å². The van der Waals surface area contributed by atoms with Gasteiger partial charge in [-0.15, -0.1) is 0 Å². The summed E-state index contributed by atoms with van der Waals surface area (Å²) >= 11 is 0. The monoisotopic (exact) mass is 278 g/mol. The summed E-state index contributed by atoms with van der Waals surface area (Å²) in [6, 6.07) is 6.70. The molecule has 1 aliphatic heterocycles. The summed E-state index contributed by atoms with van der Waals surface area (Å²) in [4.78, 5) is 2.10. The lowest BCUT2D eigenvalue weighted by Crippen LogP contribution is -2.19. The van der Waals surface area contributed by atoms with Crippen molar-refractivity contribution < 1.29 is 9.47 Å². The van der Waals surface area contributed by atoms with Crippen molar-refractivity contribution >= 4 is 0 Å². The number of rotatable bonds is 6. The lowest BCUT2D eigenvalue weighted by Gasteiger charge is -2.16. The third-order valence-electron chi connectivity index (χ3n) is 3.74. The van der Waals surface area contributed by atoms with Gasteiger partial charge in [0.1, 0.15) is 6.61 Å². The van der Waals surface area contributed by atoms with Gasteiger partial charge in [-0.05, 0) is 50.7 Å². The number of ether oxygens (including phenoxy) is 2. The number of benzene rings is 1. The second-order valence-corrected chi connectivity index (χ2v) is 5.86. The summed E-state index contributed by atoms with van der Waals surface area (Å²) in [5.74, 6) is 2.38. The minimum Gasteiger partial charge on any atom is -0.493 e. The Morgan fingerprint density at radius 2 is 2.10 bits per heavy atom. The van der Waals surface area contributed by atoms with E-state index in [9.17, 15) is 0 Å². The Labute approximate surface area is 122 Å². The van der Waals surface area contributed by atoms with Crippen molar-refractivity contribution in [2.45, 2.75) is 19.4 Å². The van der Waals surface area contributed by atoms with Gasteiger partial charge in [0.05, 0.1) is 7.11 Å². The van der Waals surface area contributed by atoms with Gasteiger partial charge in [-0.2, -0.15) is 0 Å². The molecular formula is C16H26N2O2. The lowest BCUT2D eigenvalue weighted by atomic mass is 10.0. The molecule has 112 valence electrons. The molecule has 2 rings (SSSR count). The van der Waals surface area contributed by atoms with Crippen LogP contribution in [0.25, 0.3) is 0 Å². The van der Waals surface area contributed by atoms with Crippen LogP contribution in [0.5, 0.6) is 11.5 Å². The SMILES string of the molecule is COc1cc(C2CC(C)CN2)ccc1OCCN(C)C. The molecule has 0 aromatic heterocycles. The van der Waals surface area contributed by atoms with Crippen LogP contribution in [-0.4, -0.2) is 45.8 Å².